The molecule has 9 nitrogen and oxygen atoms in total. The van der Waals surface area contributed by atoms with E-state index < -0.39 is 0 Å². The molecule has 0 spiro atoms. The van der Waals surface area contributed by atoms with Crippen molar-refractivity contribution in [1.29, 1.82) is 0 Å². The average Bonchev–Trinajstić information content (AvgIpc) is 3.41. The van der Waals surface area contributed by atoms with Gasteiger partial charge in [-0.3, -0.25) is 9.98 Å². The summed E-state index contributed by atoms with van der Waals surface area (Å²) in [5, 5.41) is 23.5. The monoisotopic (exact) mass is 484 g/mol. The van der Waals surface area contributed by atoms with Crippen LogP contribution in [0.2, 0.25) is 0 Å². The highest BCUT2D eigenvalue weighted by atomic mass is 16.3. The number of phenols is 1. The first-order valence-corrected chi connectivity index (χ1v) is 12.1. The van der Waals surface area contributed by atoms with Crippen molar-refractivity contribution in [3.05, 3.63) is 60.1 Å². The Labute approximate surface area is 210 Å². The minimum atomic E-state index is -0.000568. The first-order chi connectivity index (χ1) is 17.0. The Bertz CT molecular complexity index is 1460. The van der Waals surface area contributed by atoms with Crippen molar-refractivity contribution < 1.29 is 5.11 Å². The zero-order valence-corrected chi connectivity index (χ0v) is 21.4. The van der Waals surface area contributed by atoms with Gasteiger partial charge in [0.1, 0.15) is 11.4 Å². The number of aliphatic imine (C=N–C) groups is 1. The summed E-state index contributed by atoms with van der Waals surface area (Å²) in [6.07, 6.45) is 10.8. The summed E-state index contributed by atoms with van der Waals surface area (Å²) in [7, 11) is 0. The summed E-state index contributed by atoms with van der Waals surface area (Å²) in [5.74, 6) is 0.0885. The van der Waals surface area contributed by atoms with Crippen LogP contribution < -0.4 is 5.32 Å². The zero-order valence-electron chi connectivity index (χ0n) is 21.4. The summed E-state index contributed by atoms with van der Waals surface area (Å²) in [6.45, 7) is 14.7. The fourth-order valence-corrected chi connectivity index (χ4v) is 5.49. The summed E-state index contributed by atoms with van der Waals surface area (Å²) in [4.78, 5) is 12.8. The lowest BCUT2D eigenvalue weighted by molar-refractivity contribution is 0.124. The molecule has 5 rings (SSSR count). The van der Waals surface area contributed by atoms with E-state index in [0.29, 0.717) is 17.0 Å². The lowest BCUT2D eigenvalue weighted by atomic mass is 9.79. The molecule has 4 heterocycles. The quantitative estimate of drug-likeness (QED) is 0.399. The van der Waals surface area contributed by atoms with Crippen LogP contribution in [0, 0.1) is 6.92 Å². The Hall–Kier alpha value is -3.85. The first-order valence-electron chi connectivity index (χ1n) is 12.1. The standard InChI is InChI=1S/C27H32N8O/c1-17-22(31-33-35(17)19-11-26(2,3)32-27(4,5)12-19)10-23(28-6)21-8-7-18(9-25(21)36)24-15-34-16-29-13-20(34)14-30-24/h7-10,13-16,19,32,36H,6,11-12H2,1-5H3/b23-10-. The number of hydrogen-bond acceptors (Lipinski definition) is 7. The molecule has 9 heteroatoms. The first kappa shape index (κ1) is 23.9. The molecule has 2 N–H and O–H groups in total. The topological polar surface area (TPSA) is 106 Å². The maximum absolute atomic E-state index is 10.9. The summed E-state index contributed by atoms with van der Waals surface area (Å²) >= 11 is 0. The van der Waals surface area contributed by atoms with Gasteiger partial charge in [0.25, 0.3) is 0 Å². The summed E-state index contributed by atoms with van der Waals surface area (Å²) in [5.41, 5.74) is 5.18. The van der Waals surface area contributed by atoms with E-state index in [9.17, 15) is 5.11 Å². The van der Waals surface area contributed by atoms with Crippen LogP contribution in [0.5, 0.6) is 5.75 Å². The molecule has 0 saturated carbocycles. The molecule has 3 aromatic heterocycles. The summed E-state index contributed by atoms with van der Waals surface area (Å²) < 4.78 is 3.92. The van der Waals surface area contributed by atoms with E-state index in [1.54, 1.807) is 24.8 Å². The van der Waals surface area contributed by atoms with Crippen molar-refractivity contribution in [1.82, 2.24) is 34.7 Å². The third-order valence-corrected chi connectivity index (χ3v) is 6.78. The molecular weight excluding hydrogens is 452 g/mol. The van der Waals surface area contributed by atoms with Crippen molar-refractivity contribution in [2.24, 2.45) is 4.99 Å². The normalized spacial score (nSPS) is 18.0. The predicted octanol–water partition coefficient (Wildman–Crippen LogP) is 4.68. The predicted molar refractivity (Wildman–Crippen MR) is 142 cm³/mol. The zero-order chi connectivity index (χ0) is 25.7. The molecule has 0 bridgehead atoms. The van der Waals surface area contributed by atoms with E-state index in [1.165, 1.54) is 0 Å². The molecule has 1 fully saturated rings. The molecule has 186 valence electrons. The highest BCUT2D eigenvalue weighted by Gasteiger charge is 2.39. The maximum atomic E-state index is 10.9. The van der Waals surface area contributed by atoms with Gasteiger partial charge in [-0.2, -0.15) is 0 Å². The molecule has 0 aliphatic carbocycles. The van der Waals surface area contributed by atoms with Crippen molar-refractivity contribution in [2.45, 2.75) is 64.6 Å². The average molecular weight is 485 g/mol. The van der Waals surface area contributed by atoms with Gasteiger partial charge in [-0.05, 0) is 72.4 Å². The Morgan fingerprint density at radius 2 is 1.94 bits per heavy atom. The van der Waals surface area contributed by atoms with E-state index >= 15 is 0 Å². The van der Waals surface area contributed by atoms with Crippen molar-refractivity contribution in [3.63, 3.8) is 0 Å². The number of phenolic OH excluding ortho intramolecular Hbond substituents is 1. The smallest absolute Gasteiger partial charge is 0.125 e. The number of aromatic nitrogens is 6. The lowest BCUT2D eigenvalue weighted by Crippen LogP contribution is -2.58. The van der Waals surface area contributed by atoms with Gasteiger partial charge in [0.15, 0.2) is 0 Å². The van der Waals surface area contributed by atoms with Gasteiger partial charge in [0.2, 0.25) is 0 Å². The minimum Gasteiger partial charge on any atom is -0.507 e. The molecule has 0 amide bonds. The van der Waals surface area contributed by atoms with Crippen LogP contribution in [0.1, 0.15) is 63.5 Å². The Morgan fingerprint density at radius 3 is 2.64 bits per heavy atom. The van der Waals surface area contributed by atoms with Crippen LogP contribution in [0.3, 0.4) is 0 Å². The molecule has 36 heavy (non-hydrogen) atoms. The van der Waals surface area contributed by atoms with Crippen molar-refractivity contribution in [3.8, 4) is 17.0 Å². The molecule has 1 saturated heterocycles. The Balaban J connectivity index is 1.45. The van der Waals surface area contributed by atoms with E-state index in [0.717, 1.165) is 35.3 Å². The lowest BCUT2D eigenvalue weighted by Gasteiger charge is -2.46. The van der Waals surface area contributed by atoms with Gasteiger partial charge in [-0.15, -0.1) is 5.10 Å². The van der Waals surface area contributed by atoms with E-state index in [-0.39, 0.29) is 22.9 Å². The second kappa shape index (κ2) is 8.67. The van der Waals surface area contributed by atoms with Crippen LogP contribution in [-0.4, -0.2) is 52.3 Å². The molecule has 0 unspecified atom stereocenters. The molecule has 1 aliphatic rings. The molecular formula is C27H32N8O. The Kier molecular flexibility index (Phi) is 5.75. The van der Waals surface area contributed by atoms with Gasteiger partial charge in [0.05, 0.1) is 47.4 Å². The minimum absolute atomic E-state index is 0.000568. The third-order valence-electron chi connectivity index (χ3n) is 6.78. The fourth-order valence-electron chi connectivity index (χ4n) is 5.49. The highest BCUT2D eigenvalue weighted by Crippen LogP contribution is 2.37. The van der Waals surface area contributed by atoms with E-state index in [2.05, 4.69) is 65.0 Å². The van der Waals surface area contributed by atoms with Crippen LogP contribution in [0.15, 0.2) is 48.1 Å². The maximum Gasteiger partial charge on any atom is 0.125 e. The van der Waals surface area contributed by atoms with Crippen LogP contribution in [-0.2, 0) is 0 Å². The second-order valence-corrected chi connectivity index (χ2v) is 10.9. The summed E-state index contributed by atoms with van der Waals surface area (Å²) in [6, 6.07) is 5.64. The van der Waals surface area contributed by atoms with Gasteiger partial charge >= 0.3 is 0 Å². The number of nitrogens with one attached hydrogen (secondary N) is 1. The number of hydrogen-bond donors (Lipinski definition) is 2. The molecule has 1 aliphatic heterocycles. The van der Waals surface area contributed by atoms with Gasteiger partial charge in [0, 0.05) is 28.4 Å². The molecule has 4 aromatic rings. The highest BCUT2D eigenvalue weighted by molar-refractivity contribution is 5.85. The largest absolute Gasteiger partial charge is 0.507 e. The van der Waals surface area contributed by atoms with Gasteiger partial charge in [-0.1, -0.05) is 11.3 Å². The van der Waals surface area contributed by atoms with E-state index in [1.807, 2.05) is 40.4 Å². The Morgan fingerprint density at radius 1 is 1.19 bits per heavy atom. The van der Waals surface area contributed by atoms with Crippen LogP contribution in [0.4, 0.5) is 0 Å². The second-order valence-electron chi connectivity index (χ2n) is 10.9. The number of aromatic hydroxyl groups is 1. The van der Waals surface area contributed by atoms with Crippen LogP contribution >= 0.6 is 0 Å². The fraction of sp³-hybridized carbons (Fsp3) is 0.370. The number of benzene rings is 1. The number of imidazole rings is 1. The van der Waals surface area contributed by atoms with Crippen LogP contribution in [0.25, 0.3) is 28.5 Å². The number of piperidine rings is 1. The molecule has 0 radical (unpaired) electrons. The number of rotatable bonds is 5. The number of nitrogens with zero attached hydrogens (tertiary/aromatic N) is 7. The third kappa shape index (κ3) is 4.54. The van der Waals surface area contributed by atoms with Crippen molar-refractivity contribution >= 4 is 24.0 Å². The molecule has 0 atom stereocenters. The van der Waals surface area contributed by atoms with Gasteiger partial charge < -0.3 is 14.8 Å². The van der Waals surface area contributed by atoms with Gasteiger partial charge in [-0.25, -0.2) is 9.67 Å². The molecule has 1 aromatic carbocycles. The van der Waals surface area contributed by atoms with Crippen molar-refractivity contribution in [2.75, 3.05) is 0 Å². The SMILES string of the molecule is C=N/C(=C\c1nnn(C2CC(C)(C)NC(C)(C)C2)c1C)c1ccc(-c2cn3cncc3cn2)cc1O. The number of fused-ring (bicyclic) bond motifs is 1. The van der Waals surface area contributed by atoms with E-state index in [4.69, 9.17) is 0 Å².